The monoisotopic (exact) mass is 239 g/mol. The zero-order chi connectivity index (χ0) is 12.9. The van der Waals surface area contributed by atoms with Gasteiger partial charge in [-0.3, -0.25) is 4.79 Å². The Morgan fingerprint density at radius 3 is 2.18 bits per heavy atom. The van der Waals surface area contributed by atoms with Crippen molar-refractivity contribution in [2.75, 3.05) is 7.05 Å². The Hall–Kier alpha value is -0.530. The van der Waals surface area contributed by atoms with Crippen LogP contribution < -0.4 is 5.32 Å². The lowest BCUT2D eigenvalue weighted by Gasteiger charge is -2.44. The van der Waals surface area contributed by atoms with Gasteiger partial charge in [0.15, 0.2) is 0 Å². The first-order valence-corrected chi connectivity index (χ1v) is 7.28. The number of amides is 1. The lowest BCUT2D eigenvalue weighted by atomic mass is 9.60. The summed E-state index contributed by atoms with van der Waals surface area (Å²) in [7, 11) is 1.74. The van der Waals surface area contributed by atoms with E-state index in [1.165, 1.54) is 32.1 Å². The first-order chi connectivity index (χ1) is 8.06. The SMILES string of the molecule is CCCC.CNC(=O)C1CC2(CCC(C)C2)C1. The fourth-order valence-electron chi connectivity index (χ4n) is 3.24. The van der Waals surface area contributed by atoms with Crippen molar-refractivity contribution in [3.63, 3.8) is 0 Å². The predicted molar refractivity (Wildman–Crippen MR) is 72.8 cm³/mol. The van der Waals surface area contributed by atoms with Crippen LogP contribution in [0.1, 0.15) is 65.7 Å². The van der Waals surface area contributed by atoms with Crippen molar-refractivity contribution in [2.45, 2.75) is 65.7 Å². The van der Waals surface area contributed by atoms with Gasteiger partial charge < -0.3 is 5.32 Å². The van der Waals surface area contributed by atoms with E-state index in [2.05, 4.69) is 26.1 Å². The lowest BCUT2D eigenvalue weighted by Crippen LogP contribution is -2.43. The van der Waals surface area contributed by atoms with Crippen LogP contribution in [0.25, 0.3) is 0 Å². The summed E-state index contributed by atoms with van der Waals surface area (Å²) in [5, 5.41) is 2.75. The van der Waals surface area contributed by atoms with E-state index in [1.54, 1.807) is 7.05 Å². The molecule has 2 aliphatic rings. The maximum Gasteiger partial charge on any atom is 0.222 e. The van der Waals surface area contributed by atoms with Crippen LogP contribution in [0, 0.1) is 17.3 Å². The van der Waals surface area contributed by atoms with E-state index in [4.69, 9.17) is 0 Å². The molecule has 2 fully saturated rings. The summed E-state index contributed by atoms with van der Waals surface area (Å²) in [6, 6.07) is 0. The Morgan fingerprint density at radius 2 is 1.82 bits per heavy atom. The lowest BCUT2D eigenvalue weighted by molar-refractivity contribution is -0.132. The molecule has 0 heterocycles. The molecule has 0 aromatic heterocycles. The molecular weight excluding hydrogens is 210 g/mol. The van der Waals surface area contributed by atoms with Gasteiger partial charge in [-0.1, -0.05) is 40.0 Å². The van der Waals surface area contributed by atoms with Crippen molar-refractivity contribution in [1.82, 2.24) is 5.32 Å². The third-order valence-electron chi connectivity index (χ3n) is 4.42. The molecule has 2 saturated carbocycles. The molecule has 2 rings (SSSR count). The van der Waals surface area contributed by atoms with E-state index in [0.717, 1.165) is 18.8 Å². The standard InChI is InChI=1S/C11H19NO.C4H10/c1-8-3-4-11(5-8)6-9(7-11)10(13)12-2;1-3-4-2/h8-9H,3-7H2,1-2H3,(H,12,13);3-4H2,1-2H3. The Bertz CT molecular complexity index is 241. The van der Waals surface area contributed by atoms with E-state index in [1.807, 2.05) is 0 Å². The zero-order valence-corrected chi connectivity index (χ0v) is 12.0. The summed E-state index contributed by atoms with van der Waals surface area (Å²) in [6.07, 6.45) is 9.04. The molecule has 100 valence electrons. The number of unbranched alkanes of at least 4 members (excludes halogenated alkanes) is 1. The topological polar surface area (TPSA) is 29.1 Å². The molecule has 2 nitrogen and oxygen atoms in total. The van der Waals surface area contributed by atoms with Gasteiger partial charge >= 0.3 is 0 Å². The number of hydrogen-bond donors (Lipinski definition) is 1. The highest BCUT2D eigenvalue weighted by atomic mass is 16.1. The van der Waals surface area contributed by atoms with Gasteiger partial charge in [-0.25, -0.2) is 0 Å². The van der Waals surface area contributed by atoms with Crippen LogP contribution in [0.3, 0.4) is 0 Å². The number of nitrogens with one attached hydrogen (secondary N) is 1. The van der Waals surface area contributed by atoms with Gasteiger partial charge in [0.1, 0.15) is 0 Å². The first-order valence-electron chi connectivity index (χ1n) is 7.28. The van der Waals surface area contributed by atoms with Crippen molar-refractivity contribution in [3.05, 3.63) is 0 Å². The molecule has 17 heavy (non-hydrogen) atoms. The summed E-state index contributed by atoms with van der Waals surface area (Å²) in [4.78, 5) is 11.3. The summed E-state index contributed by atoms with van der Waals surface area (Å²) in [6.45, 7) is 6.70. The van der Waals surface area contributed by atoms with E-state index in [0.29, 0.717) is 11.3 Å². The van der Waals surface area contributed by atoms with Gasteiger partial charge in [-0.15, -0.1) is 0 Å². The summed E-state index contributed by atoms with van der Waals surface area (Å²) >= 11 is 0. The number of rotatable bonds is 2. The molecule has 2 aliphatic carbocycles. The molecule has 1 unspecified atom stereocenters. The van der Waals surface area contributed by atoms with E-state index in [9.17, 15) is 4.79 Å². The van der Waals surface area contributed by atoms with Gasteiger partial charge in [0.05, 0.1) is 0 Å². The predicted octanol–water partition coefficient (Wildman–Crippen LogP) is 3.76. The van der Waals surface area contributed by atoms with Crippen molar-refractivity contribution in [2.24, 2.45) is 17.3 Å². The fourth-order valence-corrected chi connectivity index (χ4v) is 3.24. The van der Waals surface area contributed by atoms with Crippen LogP contribution in [0.2, 0.25) is 0 Å². The van der Waals surface area contributed by atoms with Crippen LogP contribution >= 0.6 is 0 Å². The molecule has 1 spiro atoms. The second-order valence-electron chi connectivity index (χ2n) is 6.07. The summed E-state index contributed by atoms with van der Waals surface area (Å²) in [5.74, 6) is 1.48. The van der Waals surface area contributed by atoms with Gasteiger partial charge in [0.25, 0.3) is 0 Å². The highest BCUT2D eigenvalue weighted by Gasteiger charge is 2.49. The average Bonchev–Trinajstić information content (AvgIpc) is 2.69. The van der Waals surface area contributed by atoms with Crippen LogP contribution in [0.4, 0.5) is 0 Å². The molecule has 1 N–H and O–H groups in total. The molecule has 0 aliphatic heterocycles. The van der Waals surface area contributed by atoms with Crippen molar-refractivity contribution >= 4 is 5.91 Å². The van der Waals surface area contributed by atoms with Crippen LogP contribution in [-0.2, 0) is 4.79 Å². The van der Waals surface area contributed by atoms with Gasteiger partial charge in [0, 0.05) is 13.0 Å². The molecule has 0 saturated heterocycles. The van der Waals surface area contributed by atoms with Gasteiger partial charge in [-0.2, -0.15) is 0 Å². The molecule has 0 aromatic rings. The van der Waals surface area contributed by atoms with Crippen LogP contribution in [0.5, 0.6) is 0 Å². The number of carbonyl (C=O) groups is 1. The third-order valence-corrected chi connectivity index (χ3v) is 4.42. The highest BCUT2D eigenvalue weighted by Crippen LogP contribution is 2.57. The maximum absolute atomic E-state index is 11.3. The normalized spacial score (nSPS) is 34.8. The van der Waals surface area contributed by atoms with Gasteiger partial charge in [-0.05, 0) is 37.0 Å². The molecule has 0 radical (unpaired) electrons. The Kier molecular flexibility index (Phi) is 5.48. The Morgan fingerprint density at radius 1 is 1.24 bits per heavy atom. The maximum atomic E-state index is 11.3. The quantitative estimate of drug-likeness (QED) is 0.781. The zero-order valence-electron chi connectivity index (χ0n) is 12.0. The minimum atomic E-state index is 0.255. The molecular formula is C15H29NO. The van der Waals surface area contributed by atoms with Crippen molar-refractivity contribution < 1.29 is 4.79 Å². The Labute approximate surface area is 107 Å². The van der Waals surface area contributed by atoms with E-state index < -0.39 is 0 Å². The van der Waals surface area contributed by atoms with E-state index in [-0.39, 0.29) is 5.91 Å². The third kappa shape index (κ3) is 3.72. The number of carbonyl (C=O) groups excluding carboxylic acids is 1. The largest absolute Gasteiger partial charge is 0.359 e. The molecule has 2 heteroatoms. The van der Waals surface area contributed by atoms with Gasteiger partial charge in [0.2, 0.25) is 5.91 Å². The Balaban J connectivity index is 0.000000317. The highest BCUT2D eigenvalue weighted by molar-refractivity contribution is 5.79. The van der Waals surface area contributed by atoms with Crippen molar-refractivity contribution in [1.29, 1.82) is 0 Å². The summed E-state index contributed by atoms with van der Waals surface area (Å²) in [5.41, 5.74) is 0.580. The van der Waals surface area contributed by atoms with Crippen molar-refractivity contribution in [3.8, 4) is 0 Å². The minimum absolute atomic E-state index is 0.255. The fraction of sp³-hybridized carbons (Fsp3) is 0.933. The molecule has 0 aromatic carbocycles. The van der Waals surface area contributed by atoms with E-state index >= 15 is 0 Å². The second kappa shape index (κ2) is 6.42. The van der Waals surface area contributed by atoms with Crippen LogP contribution in [0.15, 0.2) is 0 Å². The smallest absolute Gasteiger partial charge is 0.222 e. The second-order valence-corrected chi connectivity index (χ2v) is 6.07. The molecule has 1 atom stereocenters. The molecule has 0 bridgehead atoms. The average molecular weight is 239 g/mol. The summed E-state index contributed by atoms with van der Waals surface area (Å²) < 4.78 is 0. The van der Waals surface area contributed by atoms with Crippen LogP contribution in [-0.4, -0.2) is 13.0 Å². The minimum Gasteiger partial charge on any atom is -0.359 e. The number of hydrogen-bond acceptors (Lipinski definition) is 1. The molecule has 1 amide bonds. The first kappa shape index (κ1) is 14.5.